The van der Waals surface area contributed by atoms with E-state index in [0.717, 1.165) is 55.4 Å². The minimum Gasteiger partial charge on any atom is -0.361 e. The SMILES string of the molecule is Cc1cc(CN2CCN(CC(=O)Nc3cccc(Cl)c3C)CC2)no1. The molecule has 2 aromatic rings. The zero-order valence-corrected chi connectivity index (χ0v) is 15.3. The first kappa shape index (κ1) is 17.9. The average Bonchev–Trinajstić information content (AvgIpc) is 2.99. The van der Waals surface area contributed by atoms with Gasteiger partial charge in [-0.1, -0.05) is 22.8 Å². The number of halogens is 1. The molecule has 0 saturated carbocycles. The lowest BCUT2D eigenvalue weighted by Crippen LogP contribution is -2.48. The first-order valence-electron chi connectivity index (χ1n) is 8.43. The normalized spacial score (nSPS) is 16.1. The fourth-order valence-electron chi connectivity index (χ4n) is 2.96. The Balaban J connectivity index is 1.45. The topological polar surface area (TPSA) is 61.6 Å². The van der Waals surface area contributed by atoms with Crippen molar-refractivity contribution >= 4 is 23.2 Å². The van der Waals surface area contributed by atoms with E-state index in [2.05, 4.69) is 20.3 Å². The number of nitrogens with zero attached hydrogens (tertiary/aromatic N) is 3. The summed E-state index contributed by atoms with van der Waals surface area (Å²) in [6.45, 7) is 8.53. The van der Waals surface area contributed by atoms with Crippen LogP contribution in [-0.4, -0.2) is 53.6 Å². The number of hydrogen-bond acceptors (Lipinski definition) is 5. The number of nitrogens with one attached hydrogen (secondary N) is 1. The summed E-state index contributed by atoms with van der Waals surface area (Å²) in [5.74, 6) is 0.826. The largest absolute Gasteiger partial charge is 0.361 e. The zero-order valence-electron chi connectivity index (χ0n) is 14.6. The molecule has 1 fully saturated rings. The Bertz CT molecular complexity index is 738. The van der Waals surface area contributed by atoms with Gasteiger partial charge in [-0.2, -0.15) is 0 Å². The van der Waals surface area contributed by atoms with Crippen molar-refractivity contribution < 1.29 is 9.32 Å². The van der Waals surface area contributed by atoms with Gasteiger partial charge in [0.1, 0.15) is 5.76 Å². The number of rotatable bonds is 5. The van der Waals surface area contributed by atoms with Crippen LogP contribution in [0.25, 0.3) is 0 Å². The number of carbonyl (C=O) groups excluding carboxylic acids is 1. The standard InChI is InChI=1S/C18H23ClN4O2/c1-13-10-15(21-25-13)11-22-6-8-23(9-7-22)12-18(24)20-17-5-3-4-16(19)14(17)2/h3-5,10H,6-9,11-12H2,1-2H3,(H,20,24). The summed E-state index contributed by atoms with van der Waals surface area (Å²) in [5.41, 5.74) is 2.63. The van der Waals surface area contributed by atoms with Crippen molar-refractivity contribution in [2.24, 2.45) is 0 Å². The molecule has 1 N–H and O–H groups in total. The van der Waals surface area contributed by atoms with Crippen molar-refractivity contribution in [3.63, 3.8) is 0 Å². The van der Waals surface area contributed by atoms with E-state index in [1.165, 1.54) is 0 Å². The maximum absolute atomic E-state index is 12.3. The zero-order chi connectivity index (χ0) is 17.8. The highest BCUT2D eigenvalue weighted by Gasteiger charge is 2.20. The molecule has 0 unspecified atom stereocenters. The number of carbonyl (C=O) groups is 1. The highest BCUT2D eigenvalue weighted by atomic mass is 35.5. The van der Waals surface area contributed by atoms with Crippen molar-refractivity contribution in [3.8, 4) is 0 Å². The smallest absolute Gasteiger partial charge is 0.238 e. The fourth-order valence-corrected chi connectivity index (χ4v) is 3.14. The number of anilines is 1. The van der Waals surface area contributed by atoms with E-state index in [4.69, 9.17) is 16.1 Å². The predicted molar refractivity (Wildman–Crippen MR) is 97.8 cm³/mol. The van der Waals surface area contributed by atoms with Crippen LogP contribution in [0, 0.1) is 13.8 Å². The van der Waals surface area contributed by atoms with Crippen LogP contribution in [0.2, 0.25) is 5.02 Å². The Hall–Kier alpha value is -1.89. The monoisotopic (exact) mass is 362 g/mol. The number of piperazine rings is 1. The molecule has 0 bridgehead atoms. The number of aromatic nitrogens is 1. The van der Waals surface area contributed by atoms with Gasteiger partial charge in [-0.15, -0.1) is 0 Å². The van der Waals surface area contributed by atoms with Gasteiger partial charge >= 0.3 is 0 Å². The van der Waals surface area contributed by atoms with E-state index in [0.29, 0.717) is 11.6 Å². The Kier molecular flexibility index (Phi) is 5.73. The highest BCUT2D eigenvalue weighted by molar-refractivity contribution is 6.31. The van der Waals surface area contributed by atoms with E-state index in [-0.39, 0.29) is 5.91 Å². The Labute approximate surface area is 152 Å². The third-order valence-electron chi connectivity index (χ3n) is 4.44. The highest BCUT2D eigenvalue weighted by Crippen LogP contribution is 2.22. The molecule has 25 heavy (non-hydrogen) atoms. The van der Waals surface area contributed by atoms with Crippen LogP contribution in [0.15, 0.2) is 28.8 Å². The molecule has 0 spiro atoms. The van der Waals surface area contributed by atoms with Crippen LogP contribution in [0.3, 0.4) is 0 Å². The lowest BCUT2D eigenvalue weighted by atomic mass is 10.2. The number of amides is 1. The van der Waals surface area contributed by atoms with Crippen LogP contribution in [0.5, 0.6) is 0 Å². The summed E-state index contributed by atoms with van der Waals surface area (Å²) in [7, 11) is 0. The maximum atomic E-state index is 12.3. The van der Waals surface area contributed by atoms with E-state index in [9.17, 15) is 4.79 Å². The van der Waals surface area contributed by atoms with Gasteiger partial charge in [0.05, 0.1) is 12.2 Å². The quantitative estimate of drug-likeness (QED) is 0.886. The van der Waals surface area contributed by atoms with Gasteiger partial charge in [0.2, 0.25) is 5.91 Å². The Morgan fingerprint density at radius 2 is 1.96 bits per heavy atom. The summed E-state index contributed by atoms with van der Waals surface area (Å²) in [4.78, 5) is 16.8. The summed E-state index contributed by atoms with van der Waals surface area (Å²) >= 11 is 6.09. The molecular formula is C18H23ClN4O2. The molecule has 3 rings (SSSR count). The summed E-state index contributed by atoms with van der Waals surface area (Å²) < 4.78 is 5.10. The van der Waals surface area contributed by atoms with Crippen LogP contribution in [0.1, 0.15) is 17.0 Å². The lowest BCUT2D eigenvalue weighted by molar-refractivity contribution is -0.117. The minimum atomic E-state index is -0.00839. The second-order valence-electron chi connectivity index (χ2n) is 6.44. The molecule has 0 radical (unpaired) electrons. The molecule has 1 saturated heterocycles. The van der Waals surface area contributed by atoms with Crippen LogP contribution in [0.4, 0.5) is 5.69 Å². The van der Waals surface area contributed by atoms with Crippen LogP contribution >= 0.6 is 11.6 Å². The average molecular weight is 363 g/mol. The van der Waals surface area contributed by atoms with E-state index < -0.39 is 0 Å². The van der Waals surface area contributed by atoms with Crippen molar-refractivity contribution in [1.29, 1.82) is 0 Å². The molecule has 2 heterocycles. The van der Waals surface area contributed by atoms with Gasteiger partial charge in [0, 0.05) is 49.5 Å². The molecule has 134 valence electrons. The van der Waals surface area contributed by atoms with E-state index >= 15 is 0 Å². The first-order valence-corrected chi connectivity index (χ1v) is 8.81. The third kappa shape index (κ3) is 4.81. The van der Waals surface area contributed by atoms with Gasteiger partial charge < -0.3 is 9.84 Å². The second kappa shape index (κ2) is 7.99. The minimum absolute atomic E-state index is 0.00839. The van der Waals surface area contributed by atoms with Gasteiger partial charge in [-0.25, -0.2) is 0 Å². The number of aryl methyl sites for hydroxylation is 1. The molecule has 0 atom stereocenters. The Morgan fingerprint density at radius 3 is 2.64 bits per heavy atom. The fraction of sp³-hybridized carbons (Fsp3) is 0.444. The Morgan fingerprint density at radius 1 is 1.24 bits per heavy atom. The molecule has 1 aromatic carbocycles. The molecule has 1 aromatic heterocycles. The predicted octanol–water partition coefficient (Wildman–Crippen LogP) is 2.70. The van der Waals surface area contributed by atoms with Crippen LogP contribution in [-0.2, 0) is 11.3 Å². The van der Waals surface area contributed by atoms with Crippen molar-refractivity contribution in [2.75, 3.05) is 38.0 Å². The van der Waals surface area contributed by atoms with Crippen LogP contribution < -0.4 is 5.32 Å². The van der Waals surface area contributed by atoms with Gasteiger partial charge in [-0.05, 0) is 31.5 Å². The number of benzene rings is 1. The lowest BCUT2D eigenvalue weighted by Gasteiger charge is -2.33. The van der Waals surface area contributed by atoms with Gasteiger partial charge in [0.15, 0.2) is 0 Å². The molecule has 6 nitrogen and oxygen atoms in total. The van der Waals surface area contributed by atoms with Crippen molar-refractivity contribution in [2.45, 2.75) is 20.4 Å². The first-order chi connectivity index (χ1) is 12.0. The molecule has 0 aliphatic carbocycles. The van der Waals surface area contributed by atoms with Crippen molar-refractivity contribution in [3.05, 3.63) is 46.3 Å². The van der Waals surface area contributed by atoms with E-state index in [1.807, 2.05) is 38.1 Å². The van der Waals surface area contributed by atoms with E-state index in [1.54, 1.807) is 0 Å². The van der Waals surface area contributed by atoms with Crippen molar-refractivity contribution in [1.82, 2.24) is 15.0 Å². The molecule has 1 aliphatic rings. The molecule has 7 heteroatoms. The maximum Gasteiger partial charge on any atom is 0.238 e. The molecule has 1 aliphatic heterocycles. The molecular weight excluding hydrogens is 340 g/mol. The summed E-state index contributed by atoms with van der Waals surface area (Å²) in [6.07, 6.45) is 0. The third-order valence-corrected chi connectivity index (χ3v) is 4.85. The molecule has 1 amide bonds. The second-order valence-corrected chi connectivity index (χ2v) is 6.85. The van der Waals surface area contributed by atoms with Gasteiger partial charge in [0.25, 0.3) is 0 Å². The summed E-state index contributed by atoms with van der Waals surface area (Å²) in [5, 5.41) is 7.65. The van der Waals surface area contributed by atoms with Gasteiger partial charge in [-0.3, -0.25) is 14.6 Å². The summed E-state index contributed by atoms with van der Waals surface area (Å²) in [6, 6.07) is 7.50. The number of hydrogen-bond donors (Lipinski definition) is 1.